The topological polar surface area (TPSA) is 66.6 Å². The molecule has 0 atom stereocenters. The molecule has 1 aromatic rings. The third kappa shape index (κ3) is 1.63. The fourth-order valence-corrected chi connectivity index (χ4v) is 2.11. The number of benzene rings is 1. The van der Waals surface area contributed by atoms with Crippen molar-refractivity contribution in [1.82, 2.24) is 4.90 Å². The number of nitrogens with zero attached hydrogens (tertiary/aromatic N) is 2. The van der Waals surface area contributed by atoms with E-state index in [-0.39, 0.29) is 24.5 Å². The second-order valence-electron chi connectivity index (χ2n) is 4.47. The summed E-state index contributed by atoms with van der Waals surface area (Å²) in [5, 5.41) is 0. The van der Waals surface area contributed by atoms with Crippen LogP contribution in [0.1, 0.15) is 12.8 Å². The fraction of sp³-hybridized carbons (Fsp3) is 0.333. The predicted molar refractivity (Wildman–Crippen MR) is 63.5 cm³/mol. The molecule has 1 aromatic carbocycles. The fourth-order valence-electron chi connectivity index (χ4n) is 2.11. The molecule has 0 bridgehead atoms. The smallest absolute Gasteiger partial charge is 0.332 e. The van der Waals surface area contributed by atoms with Crippen LogP contribution in [0, 0.1) is 0 Å². The first-order valence-corrected chi connectivity index (χ1v) is 5.66. The van der Waals surface area contributed by atoms with E-state index in [0.29, 0.717) is 11.4 Å². The molecule has 1 aliphatic heterocycles. The summed E-state index contributed by atoms with van der Waals surface area (Å²) in [6.45, 7) is 0.193. The van der Waals surface area contributed by atoms with Crippen molar-refractivity contribution in [3.8, 4) is 0 Å². The molecule has 5 nitrogen and oxygen atoms in total. The van der Waals surface area contributed by atoms with Gasteiger partial charge in [-0.05, 0) is 31.0 Å². The molecular formula is C12H13N3O2. The molecule has 88 valence electrons. The molecule has 2 N–H and O–H groups in total. The van der Waals surface area contributed by atoms with Crippen LogP contribution in [0.2, 0.25) is 0 Å². The molecule has 3 amide bonds. The van der Waals surface area contributed by atoms with Crippen molar-refractivity contribution in [2.24, 2.45) is 0 Å². The summed E-state index contributed by atoms with van der Waals surface area (Å²) in [6, 6.07) is 6.88. The summed E-state index contributed by atoms with van der Waals surface area (Å²) in [5.41, 5.74) is 6.77. The molecule has 0 radical (unpaired) electrons. The van der Waals surface area contributed by atoms with Gasteiger partial charge in [-0.15, -0.1) is 0 Å². The Balaban J connectivity index is 1.92. The molecule has 5 heteroatoms. The normalized spacial score (nSPS) is 20.2. The molecule has 17 heavy (non-hydrogen) atoms. The molecule has 3 rings (SSSR count). The van der Waals surface area contributed by atoms with Crippen molar-refractivity contribution >= 4 is 23.3 Å². The first kappa shape index (κ1) is 10.1. The summed E-state index contributed by atoms with van der Waals surface area (Å²) in [7, 11) is 0. The number of nitrogens with two attached hydrogens (primary N) is 1. The van der Waals surface area contributed by atoms with Crippen LogP contribution in [-0.4, -0.2) is 29.4 Å². The second-order valence-corrected chi connectivity index (χ2v) is 4.47. The number of imide groups is 1. The van der Waals surface area contributed by atoms with Crippen LogP contribution in [0.25, 0.3) is 0 Å². The van der Waals surface area contributed by atoms with Gasteiger partial charge in [0, 0.05) is 11.7 Å². The average molecular weight is 231 g/mol. The number of hydrogen-bond acceptors (Lipinski definition) is 3. The van der Waals surface area contributed by atoms with Crippen molar-refractivity contribution in [3.63, 3.8) is 0 Å². The van der Waals surface area contributed by atoms with E-state index in [1.54, 1.807) is 29.2 Å². The van der Waals surface area contributed by atoms with Gasteiger partial charge in [-0.1, -0.05) is 6.07 Å². The van der Waals surface area contributed by atoms with Gasteiger partial charge in [-0.25, -0.2) is 9.69 Å². The van der Waals surface area contributed by atoms with E-state index in [1.165, 1.54) is 4.90 Å². The maximum atomic E-state index is 12.1. The van der Waals surface area contributed by atoms with Gasteiger partial charge in [0.2, 0.25) is 0 Å². The zero-order chi connectivity index (χ0) is 12.0. The summed E-state index contributed by atoms with van der Waals surface area (Å²) in [4.78, 5) is 26.8. The Labute approximate surface area is 98.8 Å². The number of rotatable bonds is 2. The highest BCUT2D eigenvalue weighted by Gasteiger charge is 2.44. The Morgan fingerprint density at radius 3 is 2.65 bits per heavy atom. The highest BCUT2D eigenvalue weighted by molar-refractivity contribution is 6.20. The number of urea groups is 1. The van der Waals surface area contributed by atoms with Gasteiger partial charge in [0.15, 0.2) is 0 Å². The minimum Gasteiger partial charge on any atom is -0.399 e. The number of amides is 3. The SMILES string of the molecule is Nc1cccc(N2C(=O)CN(C3CC3)C2=O)c1. The van der Waals surface area contributed by atoms with E-state index in [4.69, 9.17) is 5.73 Å². The van der Waals surface area contributed by atoms with Crippen molar-refractivity contribution in [2.75, 3.05) is 17.2 Å². The zero-order valence-corrected chi connectivity index (χ0v) is 9.30. The van der Waals surface area contributed by atoms with E-state index < -0.39 is 0 Å². The van der Waals surface area contributed by atoms with Crippen LogP contribution in [0.5, 0.6) is 0 Å². The third-order valence-electron chi connectivity index (χ3n) is 3.11. The van der Waals surface area contributed by atoms with Crippen LogP contribution < -0.4 is 10.6 Å². The highest BCUT2D eigenvalue weighted by Crippen LogP contribution is 2.32. The Hall–Kier alpha value is -2.04. The molecule has 2 aliphatic rings. The number of anilines is 2. The lowest BCUT2D eigenvalue weighted by Gasteiger charge is -2.16. The summed E-state index contributed by atoms with van der Waals surface area (Å²) in [5.74, 6) is -0.174. The molecule has 1 aliphatic carbocycles. The van der Waals surface area contributed by atoms with Gasteiger partial charge in [0.05, 0.1) is 5.69 Å². The summed E-state index contributed by atoms with van der Waals surface area (Å²) >= 11 is 0. The molecule has 0 aromatic heterocycles. The second kappa shape index (κ2) is 3.48. The Morgan fingerprint density at radius 1 is 1.24 bits per heavy atom. The quantitative estimate of drug-likeness (QED) is 0.614. The van der Waals surface area contributed by atoms with Gasteiger partial charge in [-0.3, -0.25) is 4.79 Å². The van der Waals surface area contributed by atoms with Gasteiger partial charge < -0.3 is 10.6 Å². The lowest BCUT2D eigenvalue weighted by atomic mass is 10.2. The Morgan fingerprint density at radius 2 is 2.00 bits per heavy atom. The van der Waals surface area contributed by atoms with E-state index in [0.717, 1.165) is 12.8 Å². The van der Waals surface area contributed by atoms with Gasteiger partial charge in [0.25, 0.3) is 5.91 Å². The molecule has 1 heterocycles. The number of hydrogen-bond donors (Lipinski definition) is 1. The van der Waals surface area contributed by atoms with Crippen molar-refractivity contribution in [1.29, 1.82) is 0 Å². The van der Waals surface area contributed by atoms with Crippen molar-refractivity contribution in [3.05, 3.63) is 24.3 Å². The predicted octanol–water partition coefficient (Wildman–Crippen LogP) is 1.20. The summed E-state index contributed by atoms with van der Waals surface area (Å²) < 4.78 is 0. The number of nitrogen functional groups attached to an aromatic ring is 1. The van der Waals surface area contributed by atoms with Crippen LogP contribution in [0.15, 0.2) is 24.3 Å². The van der Waals surface area contributed by atoms with Gasteiger partial charge >= 0.3 is 6.03 Å². The monoisotopic (exact) mass is 231 g/mol. The first-order valence-electron chi connectivity index (χ1n) is 5.66. The zero-order valence-electron chi connectivity index (χ0n) is 9.30. The Bertz CT molecular complexity index is 496. The van der Waals surface area contributed by atoms with Crippen molar-refractivity contribution in [2.45, 2.75) is 18.9 Å². The van der Waals surface area contributed by atoms with E-state index in [9.17, 15) is 9.59 Å². The van der Waals surface area contributed by atoms with Gasteiger partial charge in [0.1, 0.15) is 6.54 Å². The largest absolute Gasteiger partial charge is 0.399 e. The van der Waals surface area contributed by atoms with Gasteiger partial charge in [-0.2, -0.15) is 0 Å². The van der Waals surface area contributed by atoms with E-state index in [2.05, 4.69) is 0 Å². The molecule has 1 saturated carbocycles. The van der Waals surface area contributed by atoms with E-state index in [1.807, 2.05) is 0 Å². The molecule has 2 fully saturated rings. The molecular weight excluding hydrogens is 218 g/mol. The van der Waals surface area contributed by atoms with Crippen molar-refractivity contribution < 1.29 is 9.59 Å². The first-order chi connectivity index (χ1) is 8.16. The third-order valence-corrected chi connectivity index (χ3v) is 3.11. The summed E-state index contributed by atoms with van der Waals surface area (Å²) in [6.07, 6.45) is 2.01. The molecule has 0 spiro atoms. The standard InChI is InChI=1S/C12H13N3O2/c13-8-2-1-3-10(6-8)15-11(16)7-14(12(15)17)9-4-5-9/h1-3,6,9H,4-5,7,13H2. The number of carbonyl (C=O) groups is 2. The maximum absolute atomic E-state index is 12.1. The lowest BCUT2D eigenvalue weighted by molar-refractivity contribution is -0.116. The maximum Gasteiger partial charge on any atom is 0.332 e. The van der Waals surface area contributed by atoms with Crippen LogP contribution in [0.3, 0.4) is 0 Å². The lowest BCUT2D eigenvalue weighted by Crippen LogP contribution is -2.34. The molecule has 1 saturated heterocycles. The van der Waals surface area contributed by atoms with Crippen LogP contribution in [-0.2, 0) is 4.79 Å². The van der Waals surface area contributed by atoms with Crippen LogP contribution >= 0.6 is 0 Å². The van der Waals surface area contributed by atoms with Crippen LogP contribution in [0.4, 0.5) is 16.2 Å². The Kier molecular flexibility index (Phi) is 2.07. The minimum absolute atomic E-state index is 0.174. The molecule has 0 unspecified atom stereocenters. The number of carbonyl (C=O) groups excluding carboxylic acids is 2. The highest BCUT2D eigenvalue weighted by atomic mass is 16.2. The minimum atomic E-state index is -0.219. The van der Waals surface area contributed by atoms with E-state index >= 15 is 0 Å². The average Bonchev–Trinajstić information content (AvgIpc) is 3.06.